The number of hydrogen-bond donors (Lipinski definition) is 0. The second-order valence-electron chi connectivity index (χ2n) is 2.51. The normalized spacial score (nSPS) is 12.7. The maximum atomic E-state index is 10.3. The van der Waals surface area contributed by atoms with E-state index in [-0.39, 0.29) is 0 Å². The lowest BCUT2D eigenvalue weighted by molar-refractivity contribution is -0.104. The van der Waals surface area contributed by atoms with E-state index in [0.29, 0.717) is 0 Å². The maximum absolute atomic E-state index is 10.3. The summed E-state index contributed by atoms with van der Waals surface area (Å²) in [5.74, 6) is 0. The Balaban J connectivity index is 4.13. The molecular weight excluding hydrogens is 124 g/mol. The summed E-state index contributed by atoms with van der Waals surface area (Å²) in [6.07, 6.45) is 4.17. The number of aldehydes is 1. The first-order valence-electron chi connectivity index (χ1n) is 3.90. The molecule has 0 aromatic heterocycles. The van der Waals surface area contributed by atoms with E-state index in [1.165, 1.54) is 5.57 Å². The number of carbonyl (C=O) groups is 1. The van der Waals surface area contributed by atoms with Crippen molar-refractivity contribution in [1.29, 1.82) is 0 Å². The molecule has 0 fully saturated rings. The van der Waals surface area contributed by atoms with E-state index in [4.69, 9.17) is 0 Å². The molecule has 0 aromatic carbocycles. The smallest absolute Gasteiger partial charge is 0.145 e. The summed E-state index contributed by atoms with van der Waals surface area (Å²) in [5.41, 5.74) is 2.22. The largest absolute Gasteiger partial charge is 0.298 e. The summed E-state index contributed by atoms with van der Waals surface area (Å²) >= 11 is 0. The SMILES string of the molecule is CCCC(CC)=C(C)C=O. The van der Waals surface area contributed by atoms with Gasteiger partial charge in [0.05, 0.1) is 0 Å². The van der Waals surface area contributed by atoms with Gasteiger partial charge in [0.25, 0.3) is 0 Å². The molecule has 0 rings (SSSR count). The fourth-order valence-corrected chi connectivity index (χ4v) is 1.04. The van der Waals surface area contributed by atoms with Crippen LogP contribution in [0.2, 0.25) is 0 Å². The zero-order valence-corrected chi connectivity index (χ0v) is 7.11. The van der Waals surface area contributed by atoms with Crippen LogP contribution in [0, 0.1) is 0 Å². The summed E-state index contributed by atoms with van der Waals surface area (Å²) in [4.78, 5) is 10.3. The van der Waals surface area contributed by atoms with E-state index >= 15 is 0 Å². The maximum Gasteiger partial charge on any atom is 0.145 e. The van der Waals surface area contributed by atoms with Crippen LogP contribution < -0.4 is 0 Å². The van der Waals surface area contributed by atoms with Crippen molar-refractivity contribution in [2.24, 2.45) is 0 Å². The lowest BCUT2D eigenvalue weighted by Crippen LogP contribution is -1.88. The first-order valence-corrected chi connectivity index (χ1v) is 3.90. The molecule has 0 aliphatic carbocycles. The second-order valence-corrected chi connectivity index (χ2v) is 2.51. The molecule has 0 aliphatic heterocycles. The Labute approximate surface area is 63.1 Å². The zero-order chi connectivity index (χ0) is 7.98. The molecule has 0 heterocycles. The monoisotopic (exact) mass is 140 g/mol. The molecule has 0 radical (unpaired) electrons. The highest BCUT2D eigenvalue weighted by atomic mass is 16.1. The van der Waals surface area contributed by atoms with Gasteiger partial charge in [-0.05, 0) is 25.3 Å². The standard InChI is InChI=1S/C9H16O/c1-4-6-9(5-2)8(3)7-10/h7H,4-6H2,1-3H3. The Hall–Kier alpha value is -0.590. The molecule has 0 saturated heterocycles. The topological polar surface area (TPSA) is 17.1 Å². The predicted molar refractivity (Wildman–Crippen MR) is 44.0 cm³/mol. The first kappa shape index (κ1) is 9.41. The fourth-order valence-electron chi connectivity index (χ4n) is 1.04. The van der Waals surface area contributed by atoms with Gasteiger partial charge in [-0.3, -0.25) is 4.79 Å². The Morgan fingerprint density at radius 2 is 2.00 bits per heavy atom. The van der Waals surface area contributed by atoms with Crippen LogP contribution in [0.1, 0.15) is 40.0 Å². The summed E-state index contributed by atoms with van der Waals surface area (Å²) in [6, 6.07) is 0. The molecule has 0 saturated carbocycles. The molecule has 0 amide bonds. The molecule has 1 nitrogen and oxygen atoms in total. The third-order valence-electron chi connectivity index (χ3n) is 1.71. The molecule has 0 N–H and O–H groups in total. The lowest BCUT2D eigenvalue weighted by atomic mass is 10.0. The quantitative estimate of drug-likeness (QED) is 0.433. The van der Waals surface area contributed by atoms with Crippen LogP contribution in [-0.4, -0.2) is 6.29 Å². The summed E-state index contributed by atoms with van der Waals surface area (Å²) in [6.45, 7) is 6.12. The number of rotatable bonds is 4. The minimum Gasteiger partial charge on any atom is -0.298 e. The zero-order valence-electron chi connectivity index (χ0n) is 7.11. The van der Waals surface area contributed by atoms with E-state index in [2.05, 4.69) is 13.8 Å². The van der Waals surface area contributed by atoms with Crippen LogP contribution in [0.5, 0.6) is 0 Å². The van der Waals surface area contributed by atoms with Gasteiger partial charge >= 0.3 is 0 Å². The van der Waals surface area contributed by atoms with Crippen molar-refractivity contribution in [3.05, 3.63) is 11.1 Å². The van der Waals surface area contributed by atoms with Gasteiger partial charge in [-0.2, -0.15) is 0 Å². The van der Waals surface area contributed by atoms with Crippen molar-refractivity contribution >= 4 is 6.29 Å². The van der Waals surface area contributed by atoms with E-state index in [1.807, 2.05) is 6.92 Å². The molecular formula is C9H16O. The molecule has 0 spiro atoms. The van der Waals surface area contributed by atoms with Gasteiger partial charge in [0.1, 0.15) is 6.29 Å². The Morgan fingerprint density at radius 1 is 1.40 bits per heavy atom. The summed E-state index contributed by atoms with van der Waals surface area (Å²) in [5, 5.41) is 0. The third kappa shape index (κ3) is 2.81. The predicted octanol–water partition coefficient (Wildman–Crippen LogP) is 2.71. The van der Waals surface area contributed by atoms with Gasteiger partial charge in [-0.25, -0.2) is 0 Å². The van der Waals surface area contributed by atoms with E-state index in [0.717, 1.165) is 31.1 Å². The van der Waals surface area contributed by atoms with E-state index in [9.17, 15) is 4.79 Å². The highest BCUT2D eigenvalue weighted by molar-refractivity contribution is 5.73. The summed E-state index contributed by atoms with van der Waals surface area (Å²) < 4.78 is 0. The van der Waals surface area contributed by atoms with Gasteiger partial charge in [0.2, 0.25) is 0 Å². The molecule has 58 valence electrons. The Kier molecular flexibility index (Phi) is 4.91. The van der Waals surface area contributed by atoms with Gasteiger partial charge in [-0.15, -0.1) is 0 Å². The average molecular weight is 140 g/mol. The lowest BCUT2D eigenvalue weighted by Gasteiger charge is -2.02. The van der Waals surface area contributed by atoms with Crippen molar-refractivity contribution in [2.75, 3.05) is 0 Å². The molecule has 0 aromatic rings. The number of allylic oxidation sites excluding steroid dienone is 2. The molecule has 1 heteroatoms. The van der Waals surface area contributed by atoms with Crippen molar-refractivity contribution in [3.63, 3.8) is 0 Å². The van der Waals surface area contributed by atoms with Crippen LogP contribution in [-0.2, 0) is 4.79 Å². The number of hydrogen-bond acceptors (Lipinski definition) is 1. The molecule has 0 bridgehead atoms. The van der Waals surface area contributed by atoms with Crippen molar-refractivity contribution < 1.29 is 4.79 Å². The molecule has 0 unspecified atom stereocenters. The second kappa shape index (κ2) is 5.21. The van der Waals surface area contributed by atoms with Gasteiger partial charge < -0.3 is 0 Å². The molecule has 0 aliphatic rings. The first-order chi connectivity index (χ1) is 4.76. The minimum absolute atomic E-state index is 0.921. The van der Waals surface area contributed by atoms with Gasteiger partial charge in [0.15, 0.2) is 0 Å². The average Bonchev–Trinajstić information content (AvgIpc) is 1.99. The van der Waals surface area contributed by atoms with Crippen LogP contribution in [0.4, 0.5) is 0 Å². The van der Waals surface area contributed by atoms with Crippen LogP contribution >= 0.6 is 0 Å². The Bertz CT molecular complexity index is 134. The van der Waals surface area contributed by atoms with Crippen molar-refractivity contribution in [2.45, 2.75) is 40.0 Å². The Morgan fingerprint density at radius 3 is 2.30 bits per heavy atom. The highest BCUT2D eigenvalue weighted by Gasteiger charge is 1.96. The van der Waals surface area contributed by atoms with Crippen LogP contribution in [0.3, 0.4) is 0 Å². The van der Waals surface area contributed by atoms with Crippen molar-refractivity contribution in [1.82, 2.24) is 0 Å². The summed E-state index contributed by atoms with van der Waals surface area (Å²) in [7, 11) is 0. The molecule has 0 atom stereocenters. The van der Waals surface area contributed by atoms with Crippen LogP contribution in [0.25, 0.3) is 0 Å². The van der Waals surface area contributed by atoms with Crippen LogP contribution in [0.15, 0.2) is 11.1 Å². The van der Waals surface area contributed by atoms with E-state index < -0.39 is 0 Å². The van der Waals surface area contributed by atoms with Gasteiger partial charge in [-0.1, -0.05) is 25.8 Å². The number of carbonyl (C=O) groups excluding carboxylic acids is 1. The molecule has 10 heavy (non-hydrogen) atoms. The highest BCUT2D eigenvalue weighted by Crippen LogP contribution is 2.12. The fraction of sp³-hybridized carbons (Fsp3) is 0.667. The van der Waals surface area contributed by atoms with Crippen molar-refractivity contribution in [3.8, 4) is 0 Å². The third-order valence-corrected chi connectivity index (χ3v) is 1.71. The van der Waals surface area contributed by atoms with E-state index in [1.54, 1.807) is 0 Å². The van der Waals surface area contributed by atoms with Gasteiger partial charge in [0, 0.05) is 0 Å². The minimum atomic E-state index is 0.921.